The maximum absolute atomic E-state index is 11.2. The number of ether oxygens (including phenoxy) is 2. The largest absolute Gasteiger partial charge is 0.467 e. The third kappa shape index (κ3) is 1.97. The van der Waals surface area contributed by atoms with Crippen LogP contribution in [-0.4, -0.2) is 70.6 Å². The van der Waals surface area contributed by atoms with Gasteiger partial charge in [0.05, 0.1) is 20.3 Å². The average molecular weight is 222 g/mol. The molecule has 0 spiro atoms. The van der Waals surface area contributed by atoms with E-state index in [1.807, 2.05) is 0 Å². The molecule has 1 aliphatic rings. The maximum Gasteiger partial charge on any atom is 0.343 e. The highest BCUT2D eigenvalue weighted by Crippen LogP contribution is 2.25. The van der Waals surface area contributed by atoms with E-state index in [1.165, 1.54) is 0 Å². The molecule has 0 amide bonds. The normalized spacial score (nSPS) is 41.3. The van der Waals surface area contributed by atoms with E-state index < -0.39 is 43.1 Å². The van der Waals surface area contributed by atoms with Gasteiger partial charge in [0.2, 0.25) is 5.60 Å². The number of aliphatic hydroxyl groups excluding tert-OH is 3. The minimum absolute atomic E-state index is 0.518. The molecule has 0 aliphatic carbocycles. The molecular weight excluding hydrogens is 208 g/mol. The van der Waals surface area contributed by atoms with Crippen molar-refractivity contribution in [2.45, 2.75) is 23.9 Å². The zero-order chi connectivity index (χ0) is 11.6. The van der Waals surface area contributed by atoms with Gasteiger partial charge >= 0.3 is 5.97 Å². The van der Waals surface area contributed by atoms with E-state index in [-0.39, 0.29) is 0 Å². The van der Waals surface area contributed by atoms with Crippen LogP contribution in [0.25, 0.3) is 0 Å². The van der Waals surface area contributed by atoms with Crippen LogP contribution >= 0.6 is 0 Å². The van der Waals surface area contributed by atoms with Gasteiger partial charge in [-0.05, 0) is 0 Å². The zero-order valence-electron chi connectivity index (χ0n) is 8.16. The van der Waals surface area contributed by atoms with Gasteiger partial charge in [0, 0.05) is 0 Å². The summed E-state index contributed by atoms with van der Waals surface area (Å²) in [6.07, 6.45) is -4.33. The lowest BCUT2D eigenvalue weighted by atomic mass is 9.88. The summed E-state index contributed by atoms with van der Waals surface area (Å²) < 4.78 is 9.12. The molecule has 7 heteroatoms. The molecule has 0 unspecified atom stereocenters. The predicted octanol–water partition coefficient (Wildman–Crippen LogP) is -3.00. The Morgan fingerprint density at radius 2 is 2.20 bits per heavy atom. The molecule has 88 valence electrons. The molecule has 4 atom stereocenters. The number of carbonyl (C=O) groups is 1. The van der Waals surface area contributed by atoms with Crippen LogP contribution in [0.4, 0.5) is 0 Å². The molecule has 1 fully saturated rings. The van der Waals surface area contributed by atoms with Crippen molar-refractivity contribution in [3.63, 3.8) is 0 Å². The second-order valence-electron chi connectivity index (χ2n) is 3.38. The predicted molar refractivity (Wildman–Crippen MR) is 45.8 cm³/mol. The summed E-state index contributed by atoms with van der Waals surface area (Å²) in [5, 5.41) is 37.4. The molecule has 7 nitrogen and oxygen atoms in total. The number of aliphatic hydroxyl groups is 4. The van der Waals surface area contributed by atoms with Gasteiger partial charge in [-0.1, -0.05) is 0 Å². The van der Waals surface area contributed by atoms with E-state index in [0.717, 1.165) is 7.11 Å². The highest BCUT2D eigenvalue weighted by atomic mass is 16.6. The van der Waals surface area contributed by atoms with Crippen LogP contribution in [0.2, 0.25) is 0 Å². The quantitative estimate of drug-likeness (QED) is 0.368. The minimum atomic E-state index is -2.29. The Kier molecular flexibility index (Phi) is 3.63. The SMILES string of the molecule is COC(=O)[C@]1(O)CO[C@H](CO)[C@@H](O)[C@@H]1O. The van der Waals surface area contributed by atoms with Gasteiger partial charge in [-0.3, -0.25) is 0 Å². The van der Waals surface area contributed by atoms with Crippen molar-refractivity contribution >= 4 is 5.97 Å². The monoisotopic (exact) mass is 222 g/mol. The van der Waals surface area contributed by atoms with Gasteiger partial charge in [0.1, 0.15) is 18.3 Å². The van der Waals surface area contributed by atoms with Crippen molar-refractivity contribution in [2.24, 2.45) is 0 Å². The average Bonchev–Trinajstić information content (AvgIpc) is 2.25. The van der Waals surface area contributed by atoms with Gasteiger partial charge in [0.25, 0.3) is 0 Å². The van der Waals surface area contributed by atoms with Crippen LogP contribution < -0.4 is 0 Å². The Labute approximate surface area is 85.9 Å². The van der Waals surface area contributed by atoms with E-state index in [2.05, 4.69) is 4.74 Å². The lowest BCUT2D eigenvalue weighted by Gasteiger charge is -2.40. The Bertz CT molecular complexity index is 243. The summed E-state index contributed by atoms with van der Waals surface area (Å²) in [5.41, 5.74) is -2.29. The van der Waals surface area contributed by atoms with Gasteiger partial charge in [-0.15, -0.1) is 0 Å². The van der Waals surface area contributed by atoms with Gasteiger partial charge in [0.15, 0.2) is 0 Å². The van der Waals surface area contributed by atoms with Gasteiger partial charge in [-0.2, -0.15) is 0 Å². The smallest absolute Gasteiger partial charge is 0.343 e. The first kappa shape index (κ1) is 12.3. The van der Waals surface area contributed by atoms with E-state index in [4.69, 9.17) is 9.84 Å². The summed E-state index contributed by atoms with van der Waals surface area (Å²) in [6, 6.07) is 0. The first-order valence-electron chi connectivity index (χ1n) is 4.36. The second-order valence-corrected chi connectivity index (χ2v) is 3.38. The molecule has 0 radical (unpaired) electrons. The molecule has 4 N–H and O–H groups in total. The van der Waals surface area contributed by atoms with Crippen molar-refractivity contribution in [1.82, 2.24) is 0 Å². The summed E-state index contributed by atoms with van der Waals surface area (Å²) in [4.78, 5) is 11.2. The summed E-state index contributed by atoms with van der Waals surface area (Å²) in [6.45, 7) is -1.06. The molecule has 1 aliphatic heterocycles. The van der Waals surface area contributed by atoms with Crippen LogP contribution in [0.5, 0.6) is 0 Å². The number of rotatable bonds is 2. The molecule has 0 aromatic heterocycles. The number of esters is 1. The van der Waals surface area contributed by atoms with E-state index in [9.17, 15) is 20.1 Å². The fourth-order valence-corrected chi connectivity index (χ4v) is 1.42. The van der Waals surface area contributed by atoms with Crippen LogP contribution in [-0.2, 0) is 14.3 Å². The Morgan fingerprint density at radius 1 is 1.60 bits per heavy atom. The topological polar surface area (TPSA) is 116 Å². The van der Waals surface area contributed by atoms with Crippen molar-refractivity contribution in [3.05, 3.63) is 0 Å². The number of hydrogen-bond acceptors (Lipinski definition) is 7. The Morgan fingerprint density at radius 3 is 2.67 bits per heavy atom. The number of carbonyl (C=O) groups excluding carboxylic acids is 1. The van der Waals surface area contributed by atoms with E-state index >= 15 is 0 Å². The standard InChI is InChI=1S/C8H14O7/c1-14-7(12)8(13)3-15-4(2-9)5(10)6(8)11/h4-6,9-11,13H,2-3H2,1H3/t4-,5-,6+,8+/m1/s1. The Balaban J connectivity index is 2.83. The molecule has 0 aromatic rings. The van der Waals surface area contributed by atoms with Gasteiger partial charge < -0.3 is 29.9 Å². The molecule has 0 bridgehead atoms. The molecule has 1 rings (SSSR count). The third-order valence-electron chi connectivity index (χ3n) is 2.43. The lowest BCUT2D eigenvalue weighted by Crippen LogP contribution is -2.65. The first-order valence-corrected chi connectivity index (χ1v) is 4.36. The molecule has 0 aromatic carbocycles. The fraction of sp³-hybridized carbons (Fsp3) is 0.875. The number of hydrogen-bond donors (Lipinski definition) is 4. The summed E-state index contributed by atoms with van der Waals surface area (Å²) in [5.74, 6) is -1.09. The van der Waals surface area contributed by atoms with Crippen LogP contribution in [0.15, 0.2) is 0 Å². The molecule has 1 saturated heterocycles. The second kappa shape index (κ2) is 4.42. The van der Waals surface area contributed by atoms with Crippen molar-refractivity contribution in [3.8, 4) is 0 Å². The van der Waals surface area contributed by atoms with Crippen molar-refractivity contribution < 1.29 is 34.7 Å². The van der Waals surface area contributed by atoms with Crippen LogP contribution in [0, 0.1) is 0 Å². The van der Waals surface area contributed by atoms with Crippen molar-refractivity contribution in [1.29, 1.82) is 0 Å². The molecule has 1 heterocycles. The summed E-state index contributed by atoms with van der Waals surface area (Å²) >= 11 is 0. The Hall–Kier alpha value is -0.730. The van der Waals surface area contributed by atoms with Crippen molar-refractivity contribution in [2.75, 3.05) is 20.3 Å². The number of methoxy groups -OCH3 is 1. The summed E-state index contributed by atoms with van der Waals surface area (Å²) in [7, 11) is 1.04. The fourth-order valence-electron chi connectivity index (χ4n) is 1.42. The van der Waals surface area contributed by atoms with E-state index in [1.54, 1.807) is 0 Å². The van der Waals surface area contributed by atoms with Crippen LogP contribution in [0.1, 0.15) is 0 Å². The zero-order valence-corrected chi connectivity index (χ0v) is 8.16. The first-order chi connectivity index (χ1) is 6.97. The maximum atomic E-state index is 11.2. The highest BCUT2D eigenvalue weighted by molar-refractivity contribution is 5.80. The highest BCUT2D eigenvalue weighted by Gasteiger charge is 2.54. The molecule has 0 saturated carbocycles. The molecule has 15 heavy (non-hydrogen) atoms. The van der Waals surface area contributed by atoms with E-state index in [0.29, 0.717) is 0 Å². The lowest BCUT2D eigenvalue weighted by molar-refractivity contribution is -0.245. The van der Waals surface area contributed by atoms with Gasteiger partial charge in [-0.25, -0.2) is 4.79 Å². The minimum Gasteiger partial charge on any atom is -0.467 e. The third-order valence-corrected chi connectivity index (χ3v) is 2.43. The van der Waals surface area contributed by atoms with Crippen LogP contribution in [0.3, 0.4) is 0 Å². The molecular formula is C8H14O7.